The Kier molecular flexibility index (Phi) is 7.84. The zero-order chi connectivity index (χ0) is 26.8. The quantitative estimate of drug-likeness (QED) is 0.271. The summed E-state index contributed by atoms with van der Waals surface area (Å²) in [5, 5.41) is 19.0. The smallest absolute Gasteiger partial charge is 0.416 e. The highest BCUT2D eigenvalue weighted by molar-refractivity contribution is 7.15. The van der Waals surface area contributed by atoms with E-state index in [2.05, 4.69) is 9.97 Å². The van der Waals surface area contributed by atoms with Gasteiger partial charge in [0.1, 0.15) is 0 Å². The molecule has 0 saturated heterocycles. The van der Waals surface area contributed by atoms with Crippen LogP contribution in [-0.2, 0) is 6.18 Å². The van der Waals surface area contributed by atoms with Crippen LogP contribution in [0.1, 0.15) is 36.6 Å². The van der Waals surface area contributed by atoms with Gasteiger partial charge >= 0.3 is 18.1 Å². The number of benzene rings is 2. The maximum atomic E-state index is 13.1. The third-order valence-corrected chi connectivity index (χ3v) is 6.55. The fourth-order valence-electron chi connectivity index (χ4n) is 3.01. The number of thiazole rings is 2. The van der Waals surface area contributed by atoms with Crippen molar-refractivity contribution in [2.24, 2.45) is 0 Å². The van der Waals surface area contributed by atoms with Crippen LogP contribution in [-0.4, -0.2) is 32.1 Å². The van der Waals surface area contributed by atoms with Crippen LogP contribution < -0.4 is 0 Å². The molecule has 0 bridgehead atoms. The van der Waals surface area contributed by atoms with Gasteiger partial charge in [-0.25, -0.2) is 28.3 Å². The van der Waals surface area contributed by atoms with Crippen LogP contribution in [0.5, 0.6) is 0 Å². The zero-order valence-corrected chi connectivity index (χ0v) is 20.0. The van der Waals surface area contributed by atoms with Crippen molar-refractivity contribution in [2.75, 3.05) is 0 Å². The summed E-state index contributed by atoms with van der Waals surface area (Å²) >= 11 is 2.19. The Morgan fingerprint density at radius 3 is 1.72 bits per heavy atom. The minimum Gasteiger partial charge on any atom is -0.476 e. The number of nitrogens with zero attached hydrogens (tertiary/aromatic N) is 2. The Morgan fingerprint density at radius 2 is 1.28 bits per heavy atom. The number of hydrogen-bond donors (Lipinski definition) is 2. The van der Waals surface area contributed by atoms with Gasteiger partial charge in [0.2, 0.25) is 0 Å². The van der Waals surface area contributed by atoms with E-state index in [-0.39, 0.29) is 21.8 Å². The van der Waals surface area contributed by atoms with E-state index < -0.39 is 35.3 Å². The molecule has 188 valence electrons. The zero-order valence-electron chi connectivity index (χ0n) is 18.4. The molecule has 0 aliphatic heterocycles. The lowest BCUT2D eigenvalue weighted by molar-refractivity contribution is -0.137. The van der Waals surface area contributed by atoms with Gasteiger partial charge in [-0.05, 0) is 49.2 Å². The maximum Gasteiger partial charge on any atom is 0.416 e. The van der Waals surface area contributed by atoms with Crippen LogP contribution in [0.2, 0.25) is 0 Å². The molecule has 0 unspecified atom stereocenters. The molecule has 0 aliphatic carbocycles. The van der Waals surface area contributed by atoms with Crippen molar-refractivity contribution in [3.63, 3.8) is 0 Å². The highest BCUT2D eigenvalue weighted by atomic mass is 32.1. The van der Waals surface area contributed by atoms with E-state index in [9.17, 15) is 31.5 Å². The average Bonchev–Trinajstić information content (AvgIpc) is 3.39. The Bertz CT molecular complexity index is 1450. The van der Waals surface area contributed by atoms with Crippen molar-refractivity contribution in [3.8, 4) is 20.9 Å². The lowest BCUT2D eigenvalue weighted by Gasteiger charge is -2.07. The molecular formula is C23H15F5N2O4S2. The fourth-order valence-corrected chi connectivity index (χ4v) is 4.82. The number of alkyl halides is 3. The number of aromatic carboxylic acids is 2. The van der Waals surface area contributed by atoms with Crippen LogP contribution >= 0.6 is 22.7 Å². The summed E-state index contributed by atoms with van der Waals surface area (Å²) in [6.07, 6.45) is -4.46. The first-order valence-electron chi connectivity index (χ1n) is 9.82. The molecule has 36 heavy (non-hydrogen) atoms. The number of carboxylic acids is 2. The van der Waals surface area contributed by atoms with Crippen LogP contribution in [0.3, 0.4) is 0 Å². The van der Waals surface area contributed by atoms with Gasteiger partial charge in [-0.2, -0.15) is 13.2 Å². The van der Waals surface area contributed by atoms with Crippen molar-refractivity contribution in [1.29, 1.82) is 0 Å². The molecule has 0 spiro atoms. The van der Waals surface area contributed by atoms with Gasteiger partial charge in [0.25, 0.3) is 0 Å². The number of halogens is 5. The van der Waals surface area contributed by atoms with E-state index in [1.807, 2.05) is 0 Å². The molecule has 2 aromatic heterocycles. The van der Waals surface area contributed by atoms with Gasteiger partial charge in [0, 0.05) is 0 Å². The molecule has 4 rings (SSSR count). The van der Waals surface area contributed by atoms with E-state index in [4.69, 9.17) is 10.2 Å². The van der Waals surface area contributed by atoms with Gasteiger partial charge in [-0.3, -0.25) is 0 Å². The second-order valence-corrected chi connectivity index (χ2v) is 9.55. The molecule has 4 aromatic rings. The van der Waals surface area contributed by atoms with Crippen LogP contribution in [0.25, 0.3) is 20.9 Å². The Balaban J connectivity index is 0.000000202. The molecule has 2 heterocycles. The van der Waals surface area contributed by atoms with E-state index in [0.29, 0.717) is 20.5 Å². The third kappa shape index (κ3) is 6.10. The van der Waals surface area contributed by atoms with Gasteiger partial charge < -0.3 is 10.2 Å². The fraction of sp³-hybridized carbons (Fsp3) is 0.130. The molecule has 0 fully saturated rings. The van der Waals surface area contributed by atoms with Crippen molar-refractivity contribution in [1.82, 2.24) is 9.97 Å². The largest absolute Gasteiger partial charge is 0.476 e. The Labute approximate surface area is 208 Å². The van der Waals surface area contributed by atoms with Crippen molar-refractivity contribution in [2.45, 2.75) is 20.0 Å². The Hall–Kier alpha value is -3.71. The van der Waals surface area contributed by atoms with Crippen LogP contribution in [0.15, 0.2) is 42.5 Å². The van der Waals surface area contributed by atoms with Crippen molar-refractivity contribution >= 4 is 34.6 Å². The molecule has 2 aromatic carbocycles. The molecule has 13 heteroatoms. The molecule has 0 aliphatic rings. The molecular weight excluding hydrogens is 527 g/mol. The number of aromatic nitrogens is 2. The predicted molar refractivity (Wildman–Crippen MR) is 123 cm³/mol. The minimum atomic E-state index is -4.46. The number of rotatable bonds is 4. The number of hydrogen-bond acceptors (Lipinski definition) is 6. The summed E-state index contributed by atoms with van der Waals surface area (Å²) in [6, 6.07) is 7.82. The van der Waals surface area contributed by atoms with Gasteiger partial charge in [0.15, 0.2) is 23.0 Å². The van der Waals surface area contributed by atoms with E-state index in [0.717, 1.165) is 46.9 Å². The first-order valence-corrected chi connectivity index (χ1v) is 11.5. The Morgan fingerprint density at radius 1 is 0.778 bits per heavy atom. The van der Waals surface area contributed by atoms with Gasteiger partial charge in [-0.15, -0.1) is 22.7 Å². The summed E-state index contributed by atoms with van der Waals surface area (Å²) in [7, 11) is 0. The molecule has 0 saturated carbocycles. The van der Waals surface area contributed by atoms with Crippen molar-refractivity contribution in [3.05, 3.63) is 81.1 Å². The SMILES string of the molecule is Cc1nc(C(=O)O)c(-c2ccc(F)c(F)c2)s1.Cc1nc(C(=O)O)c(-c2cccc(C(F)(F)F)c2)s1. The lowest BCUT2D eigenvalue weighted by Crippen LogP contribution is -2.05. The normalized spacial score (nSPS) is 11.1. The third-order valence-electron chi connectivity index (χ3n) is 4.51. The summed E-state index contributed by atoms with van der Waals surface area (Å²) in [6.45, 7) is 3.26. The molecule has 2 N–H and O–H groups in total. The summed E-state index contributed by atoms with van der Waals surface area (Å²) < 4.78 is 63.7. The van der Waals surface area contributed by atoms with E-state index in [1.54, 1.807) is 13.8 Å². The lowest BCUT2D eigenvalue weighted by atomic mass is 10.1. The highest BCUT2D eigenvalue weighted by Crippen LogP contribution is 2.35. The second kappa shape index (κ2) is 10.5. The molecule has 0 amide bonds. The molecule has 6 nitrogen and oxygen atoms in total. The molecule has 0 radical (unpaired) electrons. The van der Waals surface area contributed by atoms with Gasteiger partial charge in [-0.1, -0.05) is 18.2 Å². The number of carboxylic acid groups (broad SMARTS) is 2. The van der Waals surface area contributed by atoms with E-state index in [1.165, 1.54) is 18.2 Å². The summed E-state index contributed by atoms with van der Waals surface area (Å²) in [5.74, 6) is -4.41. The number of carbonyl (C=O) groups is 2. The van der Waals surface area contributed by atoms with Crippen LogP contribution in [0.4, 0.5) is 22.0 Å². The average molecular weight is 543 g/mol. The maximum absolute atomic E-state index is 13.1. The predicted octanol–water partition coefficient (Wildman–Crippen LogP) is 6.93. The molecule has 0 atom stereocenters. The topological polar surface area (TPSA) is 100 Å². The first-order chi connectivity index (χ1) is 16.8. The highest BCUT2D eigenvalue weighted by Gasteiger charge is 2.31. The number of aryl methyl sites for hydroxylation is 2. The summed E-state index contributed by atoms with van der Waals surface area (Å²) in [4.78, 5) is 30.2. The monoisotopic (exact) mass is 542 g/mol. The summed E-state index contributed by atoms with van der Waals surface area (Å²) in [5.41, 5.74) is -0.655. The van der Waals surface area contributed by atoms with Crippen molar-refractivity contribution < 1.29 is 41.8 Å². The van der Waals surface area contributed by atoms with Crippen LogP contribution in [0, 0.1) is 25.5 Å². The second-order valence-electron chi connectivity index (χ2n) is 7.14. The standard InChI is InChI=1S/C12H8F3NO2S.C11H7F2NO2S/c1-6-16-9(11(17)18)10(19-6)7-3-2-4-8(5-7)12(13,14)15;1-5-14-9(11(15)16)10(17-5)6-2-3-7(12)8(13)4-6/h2-5H,1H3,(H,17,18);2-4H,1H3,(H,15,16). The minimum absolute atomic E-state index is 0.140. The first kappa shape index (κ1) is 26.9. The van der Waals surface area contributed by atoms with E-state index >= 15 is 0 Å². The van der Waals surface area contributed by atoms with Gasteiger partial charge in [0.05, 0.1) is 25.3 Å².